The summed E-state index contributed by atoms with van der Waals surface area (Å²) < 4.78 is 11.9. The first-order chi connectivity index (χ1) is 9.63. The van der Waals surface area contributed by atoms with Gasteiger partial charge in [0.15, 0.2) is 0 Å². The molecule has 2 heterocycles. The summed E-state index contributed by atoms with van der Waals surface area (Å²) in [4.78, 5) is 2.41. The van der Waals surface area contributed by atoms with Gasteiger partial charge in [0.1, 0.15) is 11.5 Å². The normalized spacial score (nSPS) is 23.4. The van der Waals surface area contributed by atoms with Gasteiger partial charge in [0, 0.05) is 18.6 Å². The summed E-state index contributed by atoms with van der Waals surface area (Å²) in [5.74, 6) is 2.03. The van der Waals surface area contributed by atoms with Crippen molar-refractivity contribution in [3.05, 3.63) is 23.7 Å². The van der Waals surface area contributed by atoms with Gasteiger partial charge in [-0.25, -0.2) is 0 Å². The van der Waals surface area contributed by atoms with Crippen LogP contribution in [0.1, 0.15) is 53.1 Å². The van der Waals surface area contributed by atoms with Crippen molar-refractivity contribution in [1.29, 1.82) is 0 Å². The van der Waals surface area contributed by atoms with E-state index in [-0.39, 0.29) is 17.2 Å². The second-order valence-electron chi connectivity index (χ2n) is 7.83. The van der Waals surface area contributed by atoms with Crippen molar-refractivity contribution >= 4 is 0 Å². The van der Waals surface area contributed by atoms with E-state index in [9.17, 15) is 0 Å². The second-order valence-corrected chi connectivity index (χ2v) is 7.83. The molecule has 1 atom stereocenters. The molecular weight excluding hydrogens is 264 g/mol. The first kappa shape index (κ1) is 16.5. The highest BCUT2D eigenvalue weighted by molar-refractivity contribution is 5.07. The van der Waals surface area contributed by atoms with Crippen LogP contribution in [0.4, 0.5) is 0 Å². The van der Waals surface area contributed by atoms with Gasteiger partial charge in [-0.05, 0) is 53.7 Å². The molecule has 1 saturated heterocycles. The quantitative estimate of drug-likeness (QED) is 0.925. The molecule has 1 unspecified atom stereocenters. The number of hydrogen-bond donors (Lipinski definition) is 1. The van der Waals surface area contributed by atoms with Gasteiger partial charge in [0.2, 0.25) is 0 Å². The number of morpholine rings is 1. The average Bonchev–Trinajstić information content (AvgIpc) is 2.70. The van der Waals surface area contributed by atoms with Crippen LogP contribution in [0.15, 0.2) is 16.5 Å². The fraction of sp³-hybridized carbons (Fsp3) is 0.765. The van der Waals surface area contributed by atoms with Crippen LogP contribution in [0.5, 0.6) is 0 Å². The number of hydrogen-bond acceptors (Lipinski definition) is 4. The average molecular weight is 294 g/mol. The minimum Gasteiger partial charge on any atom is -0.463 e. The fourth-order valence-electron chi connectivity index (χ4n) is 2.88. The molecule has 0 amide bonds. The van der Waals surface area contributed by atoms with Crippen molar-refractivity contribution in [2.75, 3.05) is 13.1 Å². The van der Waals surface area contributed by atoms with E-state index in [1.807, 2.05) is 0 Å². The Morgan fingerprint density at radius 3 is 2.57 bits per heavy atom. The molecule has 1 aliphatic rings. The maximum atomic E-state index is 5.94. The highest BCUT2D eigenvalue weighted by atomic mass is 16.5. The van der Waals surface area contributed by atoms with E-state index in [0.717, 1.165) is 37.7 Å². The first-order valence-corrected chi connectivity index (χ1v) is 7.86. The predicted octanol–water partition coefficient (Wildman–Crippen LogP) is 3.17. The summed E-state index contributed by atoms with van der Waals surface area (Å²) in [6, 6.07) is 4.16. The molecule has 4 nitrogen and oxygen atoms in total. The summed E-state index contributed by atoms with van der Waals surface area (Å²) in [6.07, 6.45) is 0.269. The summed E-state index contributed by atoms with van der Waals surface area (Å²) in [7, 11) is 0. The maximum absolute atomic E-state index is 5.94. The topological polar surface area (TPSA) is 37.6 Å². The highest BCUT2D eigenvalue weighted by Crippen LogP contribution is 2.22. The van der Waals surface area contributed by atoms with Gasteiger partial charge in [-0.1, -0.05) is 0 Å². The van der Waals surface area contributed by atoms with Gasteiger partial charge in [-0.2, -0.15) is 0 Å². The molecule has 4 heteroatoms. The van der Waals surface area contributed by atoms with Crippen LogP contribution in [0.25, 0.3) is 0 Å². The molecule has 1 aromatic rings. The van der Waals surface area contributed by atoms with Crippen molar-refractivity contribution in [3.8, 4) is 0 Å². The van der Waals surface area contributed by atoms with Gasteiger partial charge < -0.3 is 14.5 Å². The van der Waals surface area contributed by atoms with E-state index >= 15 is 0 Å². The molecule has 1 fully saturated rings. The molecule has 0 aliphatic carbocycles. The van der Waals surface area contributed by atoms with Crippen LogP contribution in [0.2, 0.25) is 0 Å². The fourth-order valence-corrected chi connectivity index (χ4v) is 2.88. The SMILES string of the molecule is CC1CN(Cc2ccc(CNC(C)(C)C)o2)CC(C)(C)O1. The Hall–Kier alpha value is -0.840. The zero-order chi connectivity index (χ0) is 15.7. The van der Waals surface area contributed by atoms with Crippen molar-refractivity contribution < 1.29 is 9.15 Å². The molecule has 0 radical (unpaired) electrons. The molecule has 21 heavy (non-hydrogen) atoms. The lowest BCUT2D eigenvalue weighted by atomic mass is 10.1. The largest absolute Gasteiger partial charge is 0.463 e. The molecular formula is C17H30N2O2. The molecule has 2 rings (SSSR count). The summed E-state index contributed by atoms with van der Waals surface area (Å²) >= 11 is 0. The zero-order valence-corrected chi connectivity index (χ0v) is 14.3. The predicted molar refractivity (Wildman–Crippen MR) is 85.2 cm³/mol. The Balaban J connectivity index is 1.90. The van der Waals surface area contributed by atoms with Crippen LogP contribution in [-0.4, -0.2) is 35.2 Å². The second kappa shape index (κ2) is 6.11. The van der Waals surface area contributed by atoms with Crippen LogP contribution in [0.3, 0.4) is 0 Å². The Morgan fingerprint density at radius 2 is 1.95 bits per heavy atom. The molecule has 0 aromatic carbocycles. The lowest BCUT2D eigenvalue weighted by Crippen LogP contribution is -2.51. The summed E-state index contributed by atoms with van der Waals surface area (Å²) in [5.41, 5.74) is 0.0253. The maximum Gasteiger partial charge on any atom is 0.118 e. The number of nitrogens with zero attached hydrogens (tertiary/aromatic N) is 1. The van der Waals surface area contributed by atoms with E-state index < -0.39 is 0 Å². The molecule has 0 saturated carbocycles. The van der Waals surface area contributed by atoms with Gasteiger partial charge in [0.25, 0.3) is 0 Å². The lowest BCUT2D eigenvalue weighted by molar-refractivity contribution is -0.131. The molecule has 0 spiro atoms. The highest BCUT2D eigenvalue weighted by Gasteiger charge is 2.31. The Bertz CT molecular complexity index is 460. The number of furan rings is 1. The summed E-state index contributed by atoms with van der Waals surface area (Å²) in [5, 5.41) is 3.45. The van der Waals surface area contributed by atoms with Crippen molar-refractivity contribution in [2.45, 2.75) is 71.9 Å². The third-order valence-electron chi connectivity index (χ3n) is 3.53. The van der Waals surface area contributed by atoms with Crippen LogP contribution in [0, 0.1) is 0 Å². The standard InChI is InChI=1S/C17H30N2O2/c1-13-10-19(12-17(5,6)21-13)11-15-8-7-14(20-15)9-18-16(2,3)4/h7-8,13,18H,9-12H2,1-6H3. The number of nitrogens with one attached hydrogen (secondary N) is 1. The molecule has 1 aliphatic heterocycles. The van der Waals surface area contributed by atoms with E-state index in [1.54, 1.807) is 0 Å². The minimum atomic E-state index is -0.0825. The monoisotopic (exact) mass is 294 g/mol. The van der Waals surface area contributed by atoms with E-state index in [2.05, 4.69) is 63.9 Å². The lowest BCUT2D eigenvalue weighted by Gasteiger charge is -2.41. The van der Waals surface area contributed by atoms with Crippen LogP contribution >= 0.6 is 0 Å². The molecule has 0 bridgehead atoms. The Kier molecular flexibility index (Phi) is 4.81. The number of ether oxygens (including phenoxy) is 1. The minimum absolute atomic E-state index is 0.0825. The summed E-state index contributed by atoms with van der Waals surface area (Å²) in [6.45, 7) is 16.4. The number of rotatable bonds is 4. The van der Waals surface area contributed by atoms with Crippen molar-refractivity contribution in [3.63, 3.8) is 0 Å². The molecule has 1 N–H and O–H groups in total. The first-order valence-electron chi connectivity index (χ1n) is 7.86. The van der Waals surface area contributed by atoms with Crippen LogP contribution < -0.4 is 5.32 Å². The molecule has 120 valence electrons. The Morgan fingerprint density at radius 1 is 1.29 bits per heavy atom. The van der Waals surface area contributed by atoms with Crippen molar-refractivity contribution in [2.24, 2.45) is 0 Å². The smallest absolute Gasteiger partial charge is 0.118 e. The van der Waals surface area contributed by atoms with Crippen LogP contribution in [-0.2, 0) is 17.8 Å². The third-order valence-corrected chi connectivity index (χ3v) is 3.53. The third kappa shape index (κ3) is 5.46. The van der Waals surface area contributed by atoms with E-state index in [4.69, 9.17) is 9.15 Å². The van der Waals surface area contributed by atoms with Gasteiger partial charge in [-0.3, -0.25) is 4.90 Å². The van der Waals surface area contributed by atoms with E-state index in [1.165, 1.54) is 0 Å². The van der Waals surface area contributed by atoms with Gasteiger partial charge >= 0.3 is 0 Å². The van der Waals surface area contributed by atoms with E-state index in [0.29, 0.717) is 0 Å². The zero-order valence-electron chi connectivity index (χ0n) is 14.3. The van der Waals surface area contributed by atoms with Crippen molar-refractivity contribution in [1.82, 2.24) is 10.2 Å². The van der Waals surface area contributed by atoms with Gasteiger partial charge in [0.05, 0.1) is 24.8 Å². The molecule has 1 aromatic heterocycles. The van der Waals surface area contributed by atoms with Gasteiger partial charge in [-0.15, -0.1) is 0 Å². The Labute approximate surface area is 128 Å².